The molecule has 1 saturated heterocycles. The van der Waals surface area contributed by atoms with Gasteiger partial charge in [-0.25, -0.2) is 13.5 Å². The Hall–Kier alpha value is -2.32. The monoisotopic (exact) mass is 364 g/mol. The van der Waals surface area contributed by atoms with Crippen molar-refractivity contribution in [2.45, 2.75) is 19.4 Å². The summed E-state index contributed by atoms with van der Waals surface area (Å²) in [5.41, 5.74) is 1.03. The van der Waals surface area contributed by atoms with Crippen LogP contribution in [-0.4, -0.2) is 51.9 Å². The first-order chi connectivity index (χ1) is 12.5. The number of hydrogen-bond acceptors (Lipinski definition) is 4. The molecule has 1 aromatic carbocycles. The van der Waals surface area contributed by atoms with Crippen molar-refractivity contribution in [3.63, 3.8) is 0 Å². The third kappa shape index (κ3) is 4.86. The van der Waals surface area contributed by atoms with Crippen molar-refractivity contribution in [2.75, 3.05) is 26.2 Å². The lowest BCUT2D eigenvalue weighted by Crippen LogP contribution is -2.40. The van der Waals surface area contributed by atoms with Crippen molar-refractivity contribution >= 4 is 5.97 Å². The minimum Gasteiger partial charge on any atom is -0.480 e. The highest BCUT2D eigenvalue weighted by Crippen LogP contribution is 2.19. The Morgan fingerprint density at radius 2 is 2.19 bits per heavy atom. The summed E-state index contributed by atoms with van der Waals surface area (Å²) >= 11 is 0. The fourth-order valence-electron chi connectivity index (χ4n) is 3.32. The number of nitrogens with one attached hydrogen (secondary N) is 1. The van der Waals surface area contributed by atoms with Crippen LogP contribution in [0.5, 0.6) is 0 Å². The zero-order chi connectivity index (χ0) is 18.5. The van der Waals surface area contributed by atoms with E-state index in [1.54, 1.807) is 6.20 Å². The number of piperidine rings is 1. The third-order valence-corrected chi connectivity index (χ3v) is 4.50. The average Bonchev–Trinajstić information content (AvgIpc) is 3.03. The van der Waals surface area contributed by atoms with Crippen molar-refractivity contribution in [1.82, 2.24) is 20.0 Å². The predicted octanol–water partition coefficient (Wildman–Crippen LogP) is 2.04. The lowest BCUT2D eigenvalue weighted by atomic mass is 9.98. The Kier molecular flexibility index (Phi) is 5.95. The van der Waals surface area contributed by atoms with Gasteiger partial charge in [-0.15, -0.1) is 0 Å². The van der Waals surface area contributed by atoms with Crippen LogP contribution < -0.4 is 5.32 Å². The predicted molar refractivity (Wildman–Crippen MR) is 92.0 cm³/mol. The molecule has 1 aliphatic heterocycles. The number of aliphatic carboxylic acids is 1. The van der Waals surface area contributed by atoms with Gasteiger partial charge < -0.3 is 10.4 Å². The first-order valence-corrected chi connectivity index (χ1v) is 8.66. The van der Waals surface area contributed by atoms with Gasteiger partial charge in [0.05, 0.1) is 12.2 Å². The van der Waals surface area contributed by atoms with Crippen molar-refractivity contribution in [1.29, 1.82) is 0 Å². The van der Waals surface area contributed by atoms with E-state index in [2.05, 4.69) is 15.3 Å². The molecule has 0 spiro atoms. The van der Waals surface area contributed by atoms with E-state index in [0.29, 0.717) is 19.0 Å². The zero-order valence-corrected chi connectivity index (χ0v) is 14.4. The number of likely N-dealkylation sites (tertiary alicyclic amines) is 1. The van der Waals surface area contributed by atoms with Gasteiger partial charge in [-0.3, -0.25) is 9.69 Å². The molecule has 1 fully saturated rings. The molecule has 140 valence electrons. The summed E-state index contributed by atoms with van der Waals surface area (Å²) in [5, 5.41) is 16.0. The summed E-state index contributed by atoms with van der Waals surface area (Å²) in [7, 11) is 0. The first-order valence-electron chi connectivity index (χ1n) is 8.66. The van der Waals surface area contributed by atoms with Gasteiger partial charge in [-0.1, -0.05) is 0 Å². The molecule has 2 heterocycles. The van der Waals surface area contributed by atoms with Gasteiger partial charge >= 0.3 is 5.97 Å². The third-order valence-electron chi connectivity index (χ3n) is 4.50. The van der Waals surface area contributed by atoms with Gasteiger partial charge in [0.25, 0.3) is 0 Å². The van der Waals surface area contributed by atoms with E-state index in [-0.39, 0.29) is 12.2 Å². The smallest absolute Gasteiger partial charge is 0.317 e. The molecule has 6 nitrogen and oxygen atoms in total. The van der Waals surface area contributed by atoms with Crippen molar-refractivity contribution in [3.05, 3.63) is 47.8 Å². The number of hydrogen-bond donors (Lipinski definition) is 2. The second kappa shape index (κ2) is 8.37. The second-order valence-electron chi connectivity index (χ2n) is 6.62. The van der Waals surface area contributed by atoms with E-state index >= 15 is 0 Å². The number of halogens is 2. The number of carbonyl (C=O) groups is 1. The summed E-state index contributed by atoms with van der Waals surface area (Å²) in [5.74, 6) is -1.72. The average molecular weight is 364 g/mol. The van der Waals surface area contributed by atoms with E-state index in [4.69, 9.17) is 5.11 Å². The Labute approximate surface area is 150 Å². The Bertz CT molecular complexity index is 765. The summed E-state index contributed by atoms with van der Waals surface area (Å²) in [6.07, 6.45) is 3.78. The lowest BCUT2D eigenvalue weighted by Gasteiger charge is -2.32. The molecule has 1 unspecified atom stereocenters. The van der Waals surface area contributed by atoms with Gasteiger partial charge in [0.15, 0.2) is 5.82 Å². The molecular formula is C18H22F2N4O2. The second-order valence-corrected chi connectivity index (χ2v) is 6.62. The van der Waals surface area contributed by atoms with Gasteiger partial charge in [-0.05, 0) is 50.0 Å². The topological polar surface area (TPSA) is 70.4 Å². The van der Waals surface area contributed by atoms with Crippen LogP contribution >= 0.6 is 0 Å². The van der Waals surface area contributed by atoms with Crippen LogP contribution in [-0.2, 0) is 11.3 Å². The highest BCUT2D eigenvalue weighted by atomic mass is 19.1. The quantitative estimate of drug-likeness (QED) is 0.787. The summed E-state index contributed by atoms with van der Waals surface area (Å²) in [6, 6.07) is 5.25. The molecular weight excluding hydrogens is 342 g/mol. The van der Waals surface area contributed by atoms with E-state index in [1.807, 2.05) is 6.07 Å². The highest BCUT2D eigenvalue weighted by Gasteiger charge is 2.20. The summed E-state index contributed by atoms with van der Waals surface area (Å²) < 4.78 is 28.3. The normalized spacial score (nSPS) is 18.2. The van der Waals surface area contributed by atoms with Gasteiger partial charge in [0.1, 0.15) is 11.5 Å². The van der Waals surface area contributed by atoms with Crippen molar-refractivity contribution < 1.29 is 18.7 Å². The number of carboxylic acids is 1. The van der Waals surface area contributed by atoms with Crippen molar-refractivity contribution in [3.8, 4) is 5.69 Å². The summed E-state index contributed by atoms with van der Waals surface area (Å²) in [4.78, 5) is 12.8. The maximum absolute atomic E-state index is 13.9. The molecule has 0 amide bonds. The van der Waals surface area contributed by atoms with Crippen LogP contribution in [0, 0.1) is 17.6 Å². The Morgan fingerprint density at radius 3 is 2.96 bits per heavy atom. The minimum absolute atomic E-state index is 0.0237. The lowest BCUT2D eigenvalue weighted by molar-refractivity contribution is -0.136. The standard InChI is InChI=1S/C18H22F2N4O2/c19-14-3-4-17(16(20)8-14)24-7-5-15(22-24)12-23-6-1-2-13(11-23)9-21-10-18(25)26/h3-5,7-8,13,21H,1-2,6,9-12H2,(H,25,26). The van der Waals surface area contributed by atoms with E-state index < -0.39 is 17.6 Å². The van der Waals surface area contributed by atoms with Gasteiger partial charge in [0, 0.05) is 25.4 Å². The van der Waals surface area contributed by atoms with E-state index in [0.717, 1.165) is 37.7 Å². The molecule has 0 radical (unpaired) electrons. The fourth-order valence-corrected chi connectivity index (χ4v) is 3.32. The van der Waals surface area contributed by atoms with Crippen LogP contribution in [0.25, 0.3) is 5.69 Å². The Morgan fingerprint density at radius 1 is 1.35 bits per heavy atom. The molecule has 2 N–H and O–H groups in total. The maximum Gasteiger partial charge on any atom is 0.317 e. The molecule has 1 aromatic heterocycles. The highest BCUT2D eigenvalue weighted by molar-refractivity contribution is 5.68. The van der Waals surface area contributed by atoms with Gasteiger partial charge in [-0.2, -0.15) is 5.10 Å². The largest absolute Gasteiger partial charge is 0.480 e. The first kappa shape index (κ1) is 18.5. The molecule has 1 aliphatic rings. The summed E-state index contributed by atoms with van der Waals surface area (Å²) in [6.45, 7) is 3.12. The molecule has 3 rings (SSSR count). The number of nitrogens with zero attached hydrogens (tertiary/aromatic N) is 3. The molecule has 0 aliphatic carbocycles. The van der Waals surface area contributed by atoms with Crippen LogP contribution in [0.1, 0.15) is 18.5 Å². The van der Waals surface area contributed by atoms with E-state index in [1.165, 1.54) is 16.8 Å². The number of benzene rings is 1. The van der Waals surface area contributed by atoms with Crippen LogP contribution in [0.2, 0.25) is 0 Å². The van der Waals surface area contributed by atoms with Gasteiger partial charge in [0.2, 0.25) is 0 Å². The minimum atomic E-state index is -0.851. The fraction of sp³-hybridized carbons (Fsp3) is 0.444. The zero-order valence-electron chi connectivity index (χ0n) is 14.4. The molecule has 2 aromatic rings. The van der Waals surface area contributed by atoms with Crippen LogP contribution in [0.15, 0.2) is 30.5 Å². The SMILES string of the molecule is O=C(O)CNCC1CCCN(Cc2ccn(-c3ccc(F)cc3F)n2)C1. The Balaban J connectivity index is 1.57. The van der Waals surface area contributed by atoms with Crippen LogP contribution in [0.4, 0.5) is 8.78 Å². The van der Waals surface area contributed by atoms with Crippen molar-refractivity contribution in [2.24, 2.45) is 5.92 Å². The molecule has 0 saturated carbocycles. The maximum atomic E-state index is 13.9. The molecule has 0 bridgehead atoms. The number of aromatic nitrogens is 2. The number of rotatable bonds is 7. The van der Waals surface area contributed by atoms with Crippen LogP contribution in [0.3, 0.4) is 0 Å². The molecule has 26 heavy (non-hydrogen) atoms. The number of carboxylic acid groups (broad SMARTS) is 1. The molecule has 8 heteroatoms. The molecule has 1 atom stereocenters. The van der Waals surface area contributed by atoms with E-state index in [9.17, 15) is 13.6 Å².